The van der Waals surface area contributed by atoms with Gasteiger partial charge in [-0.15, -0.1) is 0 Å². The Morgan fingerprint density at radius 2 is 2.15 bits per heavy atom. The maximum absolute atomic E-state index is 10.7. The Hall–Kier alpha value is -1.93. The van der Waals surface area contributed by atoms with Gasteiger partial charge in [-0.05, 0) is 18.1 Å². The van der Waals surface area contributed by atoms with Gasteiger partial charge in [0, 0.05) is 10.9 Å². The molecule has 0 aliphatic carbocycles. The molecule has 1 aromatic rings. The fourth-order valence-electron chi connectivity index (χ4n) is 1.87. The minimum Gasteiger partial charge on any atom is -0.378 e. The van der Waals surface area contributed by atoms with Crippen LogP contribution in [0.15, 0.2) is 45.6 Å². The summed E-state index contributed by atoms with van der Waals surface area (Å²) in [7, 11) is 0. The van der Waals surface area contributed by atoms with Crippen molar-refractivity contribution in [1.82, 2.24) is 5.32 Å². The second kappa shape index (κ2) is 5.59. The third-order valence-electron chi connectivity index (χ3n) is 2.97. The van der Waals surface area contributed by atoms with E-state index in [9.17, 15) is 10.1 Å². The highest BCUT2D eigenvalue weighted by molar-refractivity contribution is 9.10. The first-order valence-electron chi connectivity index (χ1n) is 5.91. The van der Waals surface area contributed by atoms with Gasteiger partial charge in [-0.2, -0.15) is 0 Å². The number of nitrogens with zero attached hydrogens (tertiary/aromatic N) is 2. The van der Waals surface area contributed by atoms with Crippen LogP contribution >= 0.6 is 15.9 Å². The molecule has 1 aromatic carbocycles. The predicted octanol–water partition coefficient (Wildman–Crippen LogP) is 1.07. The molecule has 8 heteroatoms. The molecule has 5 N–H and O–H groups in total. The van der Waals surface area contributed by atoms with Crippen molar-refractivity contribution in [3.05, 3.63) is 56.3 Å². The van der Waals surface area contributed by atoms with Crippen LogP contribution in [0.25, 0.3) is 0 Å². The van der Waals surface area contributed by atoms with E-state index in [2.05, 4.69) is 26.2 Å². The van der Waals surface area contributed by atoms with Crippen LogP contribution in [0.1, 0.15) is 12.0 Å². The first-order chi connectivity index (χ1) is 9.41. The molecule has 0 bridgehead atoms. The first kappa shape index (κ1) is 14.5. The second-order valence-corrected chi connectivity index (χ2v) is 5.30. The summed E-state index contributed by atoms with van der Waals surface area (Å²) in [6, 6.07) is 7.77. The largest absolute Gasteiger partial charge is 0.378 e. The average Bonchev–Trinajstić information content (AvgIpc) is 2.37. The van der Waals surface area contributed by atoms with E-state index in [-0.39, 0.29) is 11.5 Å². The van der Waals surface area contributed by atoms with E-state index in [0.29, 0.717) is 12.8 Å². The molecule has 0 spiro atoms. The maximum Gasteiger partial charge on any atom is 0.326 e. The van der Waals surface area contributed by atoms with Crippen molar-refractivity contribution in [3.63, 3.8) is 0 Å². The van der Waals surface area contributed by atoms with Gasteiger partial charge in [-0.1, -0.05) is 34.1 Å². The standard InChI is InChI=1S/C12H14BrN5O2/c13-9-4-2-1-3-8(9)5-6-12(15)16-7-10(18(19)20)11(14)17-12/h1-4,7,16H,5-6,15H2,(H2,14,17). The molecule has 20 heavy (non-hydrogen) atoms. The molecule has 1 heterocycles. The molecule has 0 saturated carbocycles. The van der Waals surface area contributed by atoms with Crippen molar-refractivity contribution < 1.29 is 4.92 Å². The smallest absolute Gasteiger partial charge is 0.326 e. The Morgan fingerprint density at radius 3 is 2.75 bits per heavy atom. The summed E-state index contributed by atoms with van der Waals surface area (Å²) < 4.78 is 0.984. The summed E-state index contributed by atoms with van der Waals surface area (Å²) in [6.45, 7) is 0. The van der Waals surface area contributed by atoms with Gasteiger partial charge in [0.15, 0.2) is 5.79 Å². The van der Waals surface area contributed by atoms with Gasteiger partial charge in [-0.3, -0.25) is 15.8 Å². The van der Waals surface area contributed by atoms with Gasteiger partial charge < -0.3 is 11.1 Å². The van der Waals surface area contributed by atoms with E-state index in [4.69, 9.17) is 11.5 Å². The SMILES string of the molecule is NC1=NC(N)(CCc2ccccc2Br)NC=C1[N+](=O)[O-]. The maximum atomic E-state index is 10.7. The number of halogens is 1. The molecule has 2 rings (SSSR count). The Balaban J connectivity index is 2.08. The van der Waals surface area contributed by atoms with E-state index < -0.39 is 10.7 Å². The molecular formula is C12H14BrN5O2. The lowest BCUT2D eigenvalue weighted by Gasteiger charge is -2.28. The monoisotopic (exact) mass is 339 g/mol. The molecule has 0 fully saturated rings. The Kier molecular flexibility index (Phi) is 4.05. The van der Waals surface area contributed by atoms with Gasteiger partial charge in [0.2, 0.25) is 5.84 Å². The fraction of sp³-hybridized carbons (Fsp3) is 0.250. The topological polar surface area (TPSA) is 120 Å². The molecule has 1 atom stereocenters. The Morgan fingerprint density at radius 1 is 1.45 bits per heavy atom. The van der Waals surface area contributed by atoms with Gasteiger partial charge in [-0.25, -0.2) is 4.99 Å². The van der Waals surface area contributed by atoms with Crippen molar-refractivity contribution in [2.45, 2.75) is 18.6 Å². The van der Waals surface area contributed by atoms with E-state index in [1.54, 1.807) is 0 Å². The van der Waals surface area contributed by atoms with E-state index in [1.165, 1.54) is 6.20 Å². The number of nitro groups is 1. The molecule has 1 aliphatic rings. The highest BCUT2D eigenvalue weighted by Crippen LogP contribution is 2.21. The highest BCUT2D eigenvalue weighted by atomic mass is 79.9. The number of hydrogen-bond donors (Lipinski definition) is 3. The van der Waals surface area contributed by atoms with Crippen LogP contribution in [0.2, 0.25) is 0 Å². The number of amidine groups is 1. The van der Waals surface area contributed by atoms with E-state index in [0.717, 1.165) is 10.0 Å². The number of nitrogens with one attached hydrogen (secondary N) is 1. The molecule has 1 aliphatic heterocycles. The van der Waals surface area contributed by atoms with E-state index >= 15 is 0 Å². The minimum absolute atomic E-state index is 0.164. The number of aryl methyl sites for hydroxylation is 1. The third kappa shape index (κ3) is 3.14. The first-order valence-corrected chi connectivity index (χ1v) is 6.71. The van der Waals surface area contributed by atoms with Crippen LogP contribution in [0.5, 0.6) is 0 Å². The highest BCUT2D eigenvalue weighted by Gasteiger charge is 2.31. The van der Waals surface area contributed by atoms with Crippen molar-refractivity contribution in [2.24, 2.45) is 16.5 Å². The Labute approximate surface area is 124 Å². The molecule has 0 radical (unpaired) electrons. The quantitative estimate of drug-likeness (QED) is 0.559. The molecule has 0 amide bonds. The lowest BCUT2D eigenvalue weighted by molar-refractivity contribution is -0.416. The number of benzene rings is 1. The summed E-state index contributed by atoms with van der Waals surface area (Å²) in [5, 5.41) is 13.4. The van der Waals surface area contributed by atoms with Gasteiger partial charge in [0.05, 0.1) is 11.1 Å². The molecule has 106 valence electrons. The van der Waals surface area contributed by atoms with Gasteiger partial charge in [0.1, 0.15) is 0 Å². The number of nitrogens with two attached hydrogens (primary N) is 2. The number of rotatable bonds is 4. The van der Waals surface area contributed by atoms with Crippen LogP contribution in [0, 0.1) is 10.1 Å². The fourth-order valence-corrected chi connectivity index (χ4v) is 2.36. The molecule has 1 unspecified atom stereocenters. The van der Waals surface area contributed by atoms with Gasteiger partial charge >= 0.3 is 5.70 Å². The van der Waals surface area contributed by atoms with E-state index in [1.807, 2.05) is 24.3 Å². The van der Waals surface area contributed by atoms with Crippen LogP contribution in [0.4, 0.5) is 0 Å². The predicted molar refractivity (Wildman–Crippen MR) is 79.2 cm³/mol. The van der Waals surface area contributed by atoms with Crippen molar-refractivity contribution in [2.75, 3.05) is 0 Å². The van der Waals surface area contributed by atoms with Crippen LogP contribution in [-0.4, -0.2) is 16.5 Å². The summed E-state index contributed by atoms with van der Waals surface area (Å²) >= 11 is 3.46. The summed E-state index contributed by atoms with van der Waals surface area (Å²) in [5.41, 5.74) is 12.4. The summed E-state index contributed by atoms with van der Waals surface area (Å²) in [4.78, 5) is 14.1. The van der Waals surface area contributed by atoms with Crippen molar-refractivity contribution in [1.29, 1.82) is 0 Å². The molecular weight excluding hydrogens is 326 g/mol. The minimum atomic E-state index is -1.13. The summed E-state index contributed by atoms with van der Waals surface area (Å²) in [5.74, 6) is -1.29. The molecule has 7 nitrogen and oxygen atoms in total. The third-order valence-corrected chi connectivity index (χ3v) is 3.74. The molecule has 0 saturated heterocycles. The van der Waals surface area contributed by atoms with Crippen LogP contribution in [0.3, 0.4) is 0 Å². The second-order valence-electron chi connectivity index (χ2n) is 4.44. The lowest BCUT2D eigenvalue weighted by atomic mass is 10.1. The lowest BCUT2D eigenvalue weighted by Crippen LogP contribution is -2.54. The molecule has 0 aromatic heterocycles. The van der Waals surface area contributed by atoms with Crippen LogP contribution in [-0.2, 0) is 6.42 Å². The average molecular weight is 340 g/mol. The number of hydrogen-bond acceptors (Lipinski definition) is 6. The normalized spacial score (nSPS) is 21.7. The number of aliphatic imine (C=N–C) groups is 1. The van der Waals surface area contributed by atoms with Gasteiger partial charge in [0.25, 0.3) is 0 Å². The Bertz CT molecular complexity index is 601. The zero-order chi connectivity index (χ0) is 14.8. The van der Waals surface area contributed by atoms with Crippen LogP contribution < -0.4 is 16.8 Å². The zero-order valence-electron chi connectivity index (χ0n) is 10.5. The zero-order valence-corrected chi connectivity index (χ0v) is 12.1. The van der Waals surface area contributed by atoms with Crippen molar-refractivity contribution >= 4 is 21.8 Å². The van der Waals surface area contributed by atoms with Crippen molar-refractivity contribution in [3.8, 4) is 0 Å². The summed E-state index contributed by atoms with van der Waals surface area (Å²) in [6.07, 6.45) is 2.31.